The van der Waals surface area contributed by atoms with E-state index >= 15 is 0 Å². The van der Waals surface area contributed by atoms with Crippen molar-refractivity contribution in [2.75, 3.05) is 13.6 Å². The summed E-state index contributed by atoms with van der Waals surface area (Å²) >= 11 is 0. The topological polar surface area (TPSA) is 28.2 Å². The van der Waals surface area contributed by atoms with Crippen LogP contribution in [0.15, 0.2) is 18.2 Å². The van der Waals surface area contributed by atoms with Gasteiger partial charge in [-0.15, -0.1) is 0 Å². The molecule has 1 aliphatic rings. The van der Waals surface area contributed by atoms with Crippen molar-refractivity contribution < 1.29 is 0 Å². The van der Waals surface area contributed by atoms with Crippen molar-refractivity contribution >= 4 is 0 Å². The number of pyridine rings is 1. The minimum atomic E-state index is 0.604. The number of hydrogen-bond donors (Lipinski definition) is 1. The molecule has 1 aromatic heterocycles. The Hall–Kier alpha value is -0.930. The third kappa shape index (κ3) is 3.79. The van der Waals surface area contributed by atoms with Crippen LogP contribution in [0.4, 0.5) is 0 Å². The molecule has 1 saturated carbocycles. The second-order valence-corrected chi connectivity index (χ2v) is 5.15. The number of nitrogens with one attached hydrogen (secondary N) is 1. The second-order valence-electron chi connectivity index (χ2n) is 5.15. The van der Waals surface area contributed by atoms with E-state index in [1.54, 1.807) is 0 Å². The molecule has 3 nitrogen and oxygen atoms in total. The highest BCUT2D eigenvalue weighted by atomic mass is 15.2. The predicted octanol–water partition coefficient (Wildman–Crippen LogP) is 1.96. The van der Waals surface area contributed by atoms with Crippen molar-refractivity contribution in [3.05, 3.63) is 29.6 Å². The second kappa shape index (κ2) is 5.61. The largest absolute Gasteiger partial charge is 0.310 e. The molecular formula is C14H23N3. The highest BCUT2D eigenvalue weighted by Crippen LogP contribution is 2.26. The first-order valence-corrected chi connectivity index (χ1v) is 6.52. The number of nitrogens with zero attached hydrogens (tertiary/aromatic N) is 2. The number of hydrogen-bond acceptors (Lipinski definition) is 3. The Morgan fingerprint density at radius 3 is 2.88 bits per heavy atom. The van der Waals surface area contributed by atoms with Gasteiger partial charge < -0.3 is 5.32 Å². The van der Waals surface area contributed by atoms with Crippen molar-refractivity contribution in [1.29, 1.82) is 0 Å². The van der Waals surface area contributed by atoms with Crippen LogP contribution in [0.25, 0.3) is 0 Å². The Kier molecular flexibility index (Phi) is 4.13. The normalized spacial score (nSPS) is 17.4. The van der Waals surface area contributed by atoms with Crippen LogP contribution in [0.5, 0.6) is 0 Å². The van der Waals surface area contributed by atoms with E-state index in [9.17, 15) is 0 Å². The molecule has 1 aliphatic carbocycles. The molecule has 1 aromatic rings. The summed E-state index contributed by atoms with van der Waals surface area (Å²) in [7, 11) is 2.23. The molecule has 17 heavy (non-hydrogen) atoms. The van der Waals surface area contributed by atoms with Gasteiger partial charge in [0.2, 0.25) is 0 Å². The van der Waals surface area contributed by atoms with Crippen LogP contribution in [-0.4, -0.2) is 35.6 Å². The molecule has 1 atom stereocenters. The molecule has 0 bridgehead atoms. The molecular weight excluding hydrogens is 210 g/mol. The van der Waals surface area contributed by atoms with Gasteiger partial charge in [-0.2, -0.15) is 0 Å². The van der Waals surface area contributed by atoms with Crippen molar-refractivity contribution in [2.45, 2.75) is 45.3 Å². The maximum atomic E-state index is 4.49. The lowest BCUT2D eigenvalue weighted by Gasteiger charge is -2.24. The minimum absolute atomic E-state index is 0.604. The maximum absolute atomic E-state index is 4.49. The summed E-state index contributed by atoms with van der Waals surface area (Å²) in [6, 6.07) is 7.62. The Morgan fingerprint density at radius 2 is 2.24 bits per heavy atom. The van der Waals surface area contributed by atoms with Gasteiger partial charge in [-0.3, -0.25) is 9.88 Å². The van der Waals surface area contributed by atoms with E-state index in [0.29, 0.717) is 6.04 Å². The molecule has 3 heteroatoms. The summed E-state index contributed by atoms with van der Waals surface area (Å²) in [6.07, 6.45) is 2.75. The van der Waals surface area contributed by atoms with Crippen LogP contribution < -0.4 is 5.32 Å². The van der Waals surface area contributed by atoms with Crippen LogP contribution in [0, 0.1) is 6.92 Å². The fraction of sp³-hybridized carbons (Fsp3) is 0.643. The van der Waals surface area contributed by atoms with E-state index in [1.807, 2.05) is 13.0 Å². The van der Waals surface area contributed by atoms with Gasteiger partial charge in [0.25, 0.3) is 0 Å². The summed E-state index contributed by atoms with van der Waals surface area (Å²) in [5, 5.41) is 3.49. The highest BCUT2D eigenvalue weighted by Gasteiger charge is 2.28. The average molecular weight is 233 g/mol. The number of aromatic nitrogens is 1. The number of likely N-dealkylation sites (N-methyl/N-ethyl adjacent to an activating group) is 1. The van der Waals surface area contributed by atoms with Crippen LogP contribution in [0.3, 0.4) is 0 Å². The van der Waals surface area contributed by atoms with Gasteiger partial charge in [-0.25, -0.2) is 0 Å². The zero-order chi connectivity index (χ0) is 12.3. The molecule has 94 valence electrons. The third-order valence-corrected chi connectivity index (χ3v) is 3.51. The molecule has 1 fully saturated rings. The first kappa shape index (κ1) is 12.5. The molecule has 0 aliphatic heterocycles. The van der Waals surface area contributed by atoms with Crippen molar-refractivity contribution in [1.82, 2.24) is 15.2 Å². The first-order valence-electron chi connectivity index (χ1n) is 6.52. The monoisotopic (exact) mass is 233 g/mol. The first-order chi connectivity index (χ1) is 8.16. The zero-order valence-electron chi connectivity index (χ0n) is 11.1. The van der Waals surface area contributed by atoms with Crippen molar-refractivity contribution in [2.24, 2.45) is 0 Å². The van der Waals surface area contributed by atoms with E-state index in [0.717, 1.165) is 30.5 Å². The van der Waals surface area contributed by atoms with Gasteiger partial charge in [-0.1, -0.05) is 6.07 Å². The molecule has 0 radical (unpaired) electrons. The molecule has 2 rings (SSSR count). The summed E-state index contributed by atoms with van der Waals surface area (Å²) < 4.78 is 0. The van der Waals surface area contributed by atoms with E-state index in [4.69, 9.17) is 0 Å². The van der Waals surface area contributed by atoms with E-state index in [1.165, 1.54) is 12.8 Å². The van der Waals surface area contributed by atoms with E-state index in [-0.39, 0.29) is 0 Å². The van der Waals surface area contributed by atoms with Crippen LogP contribution in [-0.2, 0) is 6.54 Å². The molecule has 1 heterocycles. The van der Waals surface area contributed by atoms with Crippen molar-refractivity contribution in [3.8, 4) is 0 Å². The SMILES string of the molecule is Cc1cccc(CNCC(C)N(C)C2CC2)n1. The smallest absolute Gasteiger partial charge is 0.0544 e. The molecule has 0 aromatic carbocycles. The highest BCUT2D eigenvalue weighted by molar-refractivity contribution is 5.09. The van der Waals surface area contributed by atoms with Crippen LogP contribution in [0.2, 0.25) is 0 Å². The average Bonchev–Trinajstić information content (AvgIpc) is 3.12. The van der Waals surface area contributed by atoms with Gasteiger partial charge in [-0.05, 0) is 45.9 Å². The van der Waals surface area contributed by atoms with Gasteiger partial charge >= 0.3 is 0 Å². The molecule has 1 N–H and O–H groups in total. The lowest BCUT2D eigenvalue weighted by Crippen LogP contribution is -2.39. The Morgan fingerprint density at radius 1 is 1.47 bits per heavy atom. The zero-order valence-corrected chi connectivity index (χ0v) is 11.1. The van der Waals surface area contributed by atoms with Gasteiger partial charge in [0, 0.05) is 30.9 Å². The summed E-state index contributed by atoms with van der Waals surface area (Å²) in [5.74, 6) is 0. The number of aryl methyl sites for hydroxylation is 1. The van der Waals surface area contributed by atoms with Gasteiger partial charge in [0.1, 0.15) is 0 Å². The summed E-state index contributed by atoms with van der Waals surface area (Å²) in [6.45, 7) is 6.22. The van der Waals surface area contributed by atoms with Gasteiger partial charge in [0.05, 0.1) is 5.69 Å². The van der Waals surface area contributed by atoms with Gasteiger partial charge in [0.15, 0.2) is 0 Å². The van der Waals surface area contributed by atoms with Crippen LogP contribution >= 0.6 is 0 Å². The quantitative estimate of drug-likeness (QED) is 0.814. The molecule has 1 unspecified atom stereocenters. The lowest BCUT2D eigenvalue weighted by atomic mass is 10.2. The Balaban J connectivity index is 1.71. The fourth-order valence-electron chi connectivity index (χ4n) is 2.09. The van der Waals surface area contributed by atoms with E-state index in [2.05, 4.69) is 41.3 Å². The lowest BCUT2D eigenvalue weighted by molar-refractivity contribution is 0.241. The minimum Gasteiger partial charge on any atom is -0.310 e. The Bertz CT molecular complexity index is 360. The predicted molar refractivity (Wildman–Crippen MR) is 70.9 cm³/mol. The maximum Gasteiger partial charge on any atom is 0.0544 e. The fourth-order valence-corrected chi connectivity index (χ4v) is 2.09. The van der Waals surface area contributed by atoms with E-state index < -0.39 is 0 Å². The van der Waals surface area contributed by atoms with Crippen molar-refractivity contribution in [3.63, 3.8) is 0 Å². The van der Waals surface area contributed by atoms with Crippen LogP contribution in [0.1, 0.15) is 31.2 Å². The molecule has 0 saturated heterocycles. The third-order valence-electron chi connectivity index (χ3n) is 3.51. The Labute approximate surface area is 104 Å². The molecule has 0 amide bonds. The standard InChI is InChI=1S/C14H23N3/c1-11-5-4-6-13(16-11)10-15-9-12(2)17(3)14-7-8-14/h4-6,12,14-15H,7-10H2,1-3H3. The summed E-state index contributed by atoms with van der Waals surface area (Å²) in [4.78, 5) is 6.97. The molecule has 0 spiro atoms. The summed E-state index contributed by atoms with van der Waals surface area (Å²) in [5.41, 5.74) is 2.22. The number of rotatable bonds is 6.